The summed E-state index contributed by atoms with van der Waals surface area (Å²) in [7, 11) is 0. The number of aromatic nitrogens is 1. The second-order valence-corrected chi connectivity index (χ2v) is 6.55. The number of nitrogens with one attached hydrogen (secondary N) is 2. The highest BCUT2D eigenvalue weighted by atomic mass is 35.5. The first-order valence-corrected chi connectivity index (χ1v) is 8.40. The zero-order chi connectivity index (χ0) is 16.8. The van der Waals surface area contributed by atoms with Crippen molar-refractivity contribution in [3.8, 4) is 0 Å². The lowest BCUT2D eigenvalue weighted by atomic mass is 10.0. The van der Waals surface area contributed by atoms with Crippen LogP contribution in [0, 0.1) is 6.92 Å². The van der Waals surface area contributed by atoms with Gasteiger partial charge in [0.05, 0.1) is 19.0 Å². The number of hydrogen-bond donors (Lipinski definition) is 2. The van der Waals surface area contributed by atoms with Crippen molar-refractivity contribution in [3.63, 3.8) is 0 Å². The zero-order valence-corrected chi connectivity index (χ0v) is 14.5. The normalized spacial score (nSPS) is 11.8. The number of rotatable bonds is 6. The lowest BCUT2D eigenvalue weighted by molar-refractivity contribution is -0.122. The van der Waals surface area contributed by atoms with Crippen molar-refractivity contribution in [2.45, 2.75) is 32.9 Å². The number of carbonyl (C=O) groups excluding carboxylic acids is 2. The number of hydrogen-bond acceptors (Lipinski definition) is 4. The van der Waals surface area contributed by atoms with Crippen molar-refractivity contribution in [2.24, 2.45) is 0 Å². The Morgan fingerprint density at radius 2 is 2.00 bits per heavy atom. The molecule has 7 heteroatoms. The molecule has 2 N–H and O–H groups in total. The van der Waals surface area contributed by atoms with Gasteiger partial charge in [0.25, 0.3) is 0 Å². The summed E-state index contributed by atoms with van der Waals surface area (Å²) in [6.45, 7) is 3.74. The molecule has 0 radical (unpaired) electrons. The van der Waals surface area contributed by atoms with Crippen LogP contribution >= 0.6 is 22.9 Å². The second kappa shape index (κ2) is 8.08. The number of amides is 2. The van der Waals surface area contributed by atoms with Crippen molar-refractivity contribution >= 4 is 34.8 Å². The topological polar surface area (TPSA) is 71.1 Å². The first-order chi connectivity index (χ1) is 10.9. The summed E-state index contributed by atoms with van der Waals surface area (Å²) in [6, 6.07) is 6.70. The predicted molar refractivity (Wildman–Crippen MR) is 91.3 cm³/mol. The van der Waals surface area contributed by atoms with E-state index in [1.54, 1.807) is 24.3 Å². The number of nitrogens with zero attached hydrogens (tertiary/aromatic N) is 1. The lowest BCUT2D eigenvalue weighted by Crippen LogP contribution is -2.32. The first kappa shape index (κ1) is 17.4. The molecular weight excluding hydrogens is 334 g/mol. The summed E-state index contributed by atoms with van der Waals surface area (Å²) in [5, 5.41) is 9.03. The minimum absolute atomic E-state index is 0.147. The minimum atomic E-state index is -0.386. The van der Waals surface area contributed by atoms with Crippen LogP contribution in [-0.4, -0.2) is 16.8 Å². The number of thiazole rings is 1. The molecule has 0 spiro atoms. The fraction of sp³-hybridized carbons (Fsp3) is 0.312. The Hall–Kier alpha value is -1.92. The van der Waals surface area contributed by atoms with Crippen LogP contribution in [0.2, 0.25) is 5.02 Å². The molecule has 2 rings (SSSR count). The maximum absolute atomic E-state index is 12.1. The Morgan fingerprint density at radius 3 is 2.57 bits per heavy atom. The van der Waals surface area contributed by atoms with E-state index in [0.717, 1.165) is 16.3 Å². The predicted octanol–water partition coefficient (Wildman–Crippen LogP) is 2.99. The summed E-state index contributed by atoms with van der Waals surface area (Å²) in [5.41, 5.74) is 1.78. The standard InChI is InChI=1S/C16H18ClN3O2S/c1-10-9-23-16(19-10)8-18-15(22)7-14(20-11(2)21)12-3-5-13(17)6-4-12/h3-6,9,14H,7-8H2,1-2H3,(H,18,22)(H,20,21)/t14-/m0/s1. The van der Waals surface area contributed by atoms with Crippen LogP contribution in [0.3, 0.4) is 0 Å². The number of benzene rings is 1. The van der Waals surface area contributed by atoms with Crippen LogP contribution in [0.1, 0.15) is 35.7 Å². The summed E-state index contributed by atoms with van der Waals surface area (Å²) in [6.07, 6.45) is 0.158. The van der Waals surface area contributed by atoms with E-state index in [0.29, 0.717) is 11.6 Å². The molecule has 2 amide bonds. The minimum Gasteiger partial charge on any atom is -0.350 e. The Balaban J connectivity index is 1.97. The molecule has 0 aliphatic carbocycles. The molecule has 0 fully saturated rings. The molecule has 1 heterocycles. The van der Waals surface area contributed by atoms with Crippen LogP contribution < -0.4 is 10.6 Å². The Bertz CT molecular complexity index is 685. The van der Waals surface area contributed by atoms with Gasteiger partial charge >= 0.3 is 0 Å². The monoisotopic (exact) mass is 351 g/mol. The highest BCUT2D eigenvalue weighted by molar-refractivity contribution is 7.09. The van der Waals surface area contributed by atoms with E-state index in [4.69, 9.17) is 11.6 Å². The summed E-state index contributed by atoms with van der Waals surface area (Å²) >= 11 is 7.38. The molecule has 0 aliphatic heterocycles. The molecule has 0 saturated heterocycles. The molecule has 5 nitrogen and oxygen atoms in total. The van der Waals surface area contributed by atoms with E-state index < -0.39 is 0 Å². The molecule has 1 atom stereocenters. The summed E-state index contributed by atoms with van der Waals surface area (Å²) < 4.78 is 0. The van der Waals surface area contributed by atoms with Crippen molar-refractivity contribution in [3.05, 3.63) is 50.9 Å². The third-order valence-electron chi connectivity index (χ3n) is 3.14. The quantitative estimate of drug-likeness (QED) is 0.840. The third kappa shape index (κ3) is 5.65. The molecule has 1 aromatic heterocycles. The molecule has 1 aromatic carbocycles. The van der Waals surface area contributed by atoms with Crippen LogP contribution in [0.15, 0.2) is 29.6 Å². The van der Waals surface area contributed by atoms with Crippen molar-refractivity contribution < 1.29 is 9.59 Å². The average Bonchev–Trinajstić information content (AvgIpc) is 2.90. The van der Waals surface area contributed by atoms with E-state index in [-0.39, 0.29) is 24.3 Å². The molecule has 23 heavy (non-hydrogen) atoms. The van der Waals surface area contributed by atoms with Gasteiger partial charge in [-0.3, -0.25) is 9.59 Å². The van der Waals surface area contributed by atoms with Crippen molar-refractivity contribution in [1.29, 1.82) is 0 Å². The van der Waals surface area contributed by atoms with Gasteiger partial charge in [-0.15, -0.1) is 11.3 Å². The largest absolute Gasteiger partial charge is 0.350 e. The highest BCUT2D eigenvalue weighted by Crippen LogP contribution is 2.19. The molecule has 2 aromatic rings. The second-order valence-electron chi connectivity index (χ2n) is 5.17. The van der Waals surface area contributed by atoms with Gasteiger partial charge in [-0.1, -0.05) is 23.7 Å². The summed E-state index contributed by atoms with van der Waals surface area (Å²) in [5.74, 6) is -0.333. The van der Waals surface area contributed by atoms with Crippen LogP contribution in [0.25, 0.3) is 0 Å². The lowest BCUT2D eigenvalue weighted by Gasteiger charge is -2.18. The Morgan fingerprint density at radius 1 is 1.30 bits per heavy atom. The fourth-order valence-electron chi connectivity index (χ4n) is 2.11. The first-order valence-electron chi connectivity index (χ1n) is 7.14. The van der Waals surface area contributed by atoms with Gasteiger partial charge in [0.2, 0.25) is 11.8 Å². The van der Waals surface area contributed by atoms with E-state index >= 15 is 0 Å². The van der Waals surface area contributed by atoms with Gasteiger partial charge in [-0.05, 0) is 24.6 Å². The average molecular weight is 352 g/mol. The van der Waals surface area contributed by atoms with Crippen LogP contribution in [-0.2, 0) is 16.1 Å². The number of halogens is 1. The van der Waals surface area contributed by atoms with Crippen LogP contribution in [0.4, 0.5) is 0 Å². The van der Waals surface area contributed by atoms with E-state index in [1.807, 2.05) is 12.3 Å². The van der Waals surface area contributed by atoms with Gasteiger partial charge in [0.1, 0.15) is 5.01 Å². The van der Waals surface area contributed by atoms with Gasteiger partial charge < -0.3 is 10.6 Å². The molecular formula is C16H18ClN3O2S. The third-order valence-corrected chi connectivity index (χ3v) is 4.36. The smallest absolute Gasteiger partial charge is 0.222 e. The Labute approximate surface area is 144 Å². The zero-order valence-electron chi connectivity index (χ0n) is 12.9. The van der Waals surface area contributed by atoms with E-state index in [2.05, 4.69) is 15.6 Å². The van der Waals surface area contributed by atoms with Gasteiger partial charge in [-0.2, -0.15) is 0 Å². The maximum Gasteiger partial charge on any atom is 0.222 e. The van der Waals surface area contributed by atoms with Crippen molar-refractivity contribution in [1.82, 2.24) is 15.6 Å². The molecule has 0 unspecified atom stereocenters. The molecule has 0 bridgehead atoms. The highest BCUT2D eigenvalue weighted by Gasteiger charge is 2.17. The van der Waals surface area contributed by atoms with Gasteiger partial charge in [0.15, 0.2) is 0 Å². The SMILES string of the molecule is CC(=O)N[C@@H](CC(=O)NCc1nc(C)cs1)c1ccc(Cl)cc1. The number of aryl methyl sites for hydroxylation is 1. The maximum atomic E-state index is 12.1. The van der Waals surface area contributed by atoms with E-state index in [9.17, 15) is 9.59 Å². The van der Waals surface area contributed by atoms with Crippen molar-refractivity contribution in [2.75, 3.05) is 0 Å². The molecule has 122 valence electrons. The number of carbonyl (C=O) groups is 2. The van der Waals surface area contributed by atoms with Gasteiger partial charge in [0, 0.05) is 23.0 Å². The fourth-order valence-corrected chi connectivity index (χ4v) is 2.95. The molecule has 0 aliphatic rings. The van der Waals surface area contributed by atoms with Crippen LogP contribution in [0.5, 0.6) is 0 Å². The van der Waals surface area contributed by atoms with E-state index in [1.165, 1.54) is 18.3 Å². The Kier molecular flexibility index (Phi) is 6.12. The summed E-state index contributed by atoms with van der Waals surface area (Å²) in [4.78, 5) is 27.8. The van der Waals surface area contributed by atoms with Gasteiger partial charge in [-0.25, -0.2) is 4.98 Å². The molecule has 0 saturated carbocycles.